The van der Waals surface area contributed by atoms with E-state index in [9.17, 15) is 4.79 Å². The van der Waals surface area contributed by atoms with Gasteiger partial charge in [-0.3, -0.25) is 4.79 Å². The second-order valence-corrected chi connectivity index (χ2v) is 4.92. The van der Waals surface area contributed by atoms with E-state index in [2.05, 4.69) is 21.2 Å². The molecule has 1 amide bonds. The van der Waals surface area contributed by atoms with Crippen LogP contribution >= 0.6 is 15.9 Å². The maximum absolute atomic E-state index is 12.1. The first-order chi connectivity index (χ1) is 8.58. The Morgan fingerprint density at radius 2 is 1.94 bits per heavy atom. The zero-order chi connectivity index (χ0) is 13.1. The summed E-state index contributed by atoms with van der Waals surface area (Å²) in [5, 5.41) is 2.82. The van der Waals surface area contributed by atoms with Gasteiger partial charge in [0.15, 0.2) is 0 Å². The van der Waals surface area contributed by atoms with Gasteiger partial charge < -0.3 is 11.1 Å². The fourth-order valence-electron chi connectivity index (χ4n) is 1.64. The first-order valence-corrected chi connectivity index (χ1v) is 6.29. The van der Waals surface area contributed by atoms with E-state index in [4.69, 9.17) is 5.73 Å². The maximum atomic E-state index is 12.1. The van der Waals surface area contributed by atoms with Gasteiger partial charge in [0.2, 0.25) is 0 Å². The van der Waals surface area contributed by atoms with Crippen LogP contribution in [0.4, 0.5) is 11.4 Å². The molecular formula is C14H13BrN2O. The molecule has 0 aliphatic heterocycles. The van der Waals surface area contributed by atoms with Gasteiger partial charge in [-0.2, -0.15) is 0 Å². The quantitative estimate of drug-likeness (QED) is 0.833. The van der Waals surface area contributed by atoms with Gasteiger partial charge >= 0.3 is 0 Å². The molecule has 2 rings (SSSR count). The Morgan fingerprint density at radius 1 is 1.22 bits per heavy atom. The number of carbonyl (C=O) groups excluding carboxylic acids is 1. The van der Waals surface area contributed by atoms with E-state index in [0.29, 0.717) is 11.3 Å². The van der Waals surface area contributed by atoms with E-state index in [0.717, 1.165) is 15.7 Å². The molecular weight excluding hydrogens is 292 g/mol. The summed E-state index contributed by atoms with van der Waals surface area (Å²) in [7, 11) is 0. The van der Waals surface area contributed by atoms with Crippen LogP contribution in [0, 0.1) is 6.92 Å². The monoisotopic (exact) mass is 304 g/mol. The molecule has 3 nitrogen and oxygen atoms in total. The first-order valence-electron chi connectivity index (χ1n) is 5.50. The molecule has 92 valence electrons. The molecule has 0 unspecified atom stereocenters. The van der Waals surface area contributed by atoms with Crippen molar-refractivity contribution in [1.29, 1.82) is 0 Å². The Morgan fingerprint density at radius 3 is 2.67 bits per heavy atom. The number of halogens is 1. The lowest BCUT2D eigenvalue weighted by molar-refractivity contribution is 0.102. The van der Waals surface area contributed by atoms with Crippen molar-refractivity contribution in [3.8, 4) is 0 Å². The van der Waals surface area contributed by atoms with Crippen LogP contribution in [0.25, 0.3) is 0 Å². The predicted octanol–water partition coefficient (Wildman–Crippen LogP) is 3.59. The number of rotatable bonds is 2. The number of nitrogen functional groups attached to an aromatic ring is 1. The van der Waals surface area contributed by atoms with Crippen molar-refractivity contribution < 1.29 is 4.79 Å². The first kappa shape index (κ1) is 12.6. The number of anilines is 2. The highest BCUT2D eigenvalue weighted by molar-refractivity contribution is 9.10. The third-order valence-corrected chi connectivity index (χ3v) is 3.14. The topological polar surface area (TPSA) is 55.1 Å². The van der Waals surface area contributed by atoms with Gasteiger partial charge in [0.1, 0.15) is 0 Å². The number of benzene rings is 2. The maximum Gasteiger partial charge on any atom is 0.257 e. The SMILES string of the molecule is Cc1cccc(C(=O)Nc2cccc(Br)c2)c1N. The lowest BCUT2D eigenvalue weighted by Gasteiger charge is -2.09. The van der Waals surface area contributed by atoms with Crippen LogP contribution in [-0.2, 0) is 0 Å². The van der Waals surface area contributed by atoms with Crippen molar-refractivity contribution in [2.45, 2.75) is 6.92 Å². The average Bonchev–Trinajstić information content (AvgIpc) is 2.32. The van der Waals surface area contributed by atoms with E-state index < -0.39 is 0 Å². The number of hydrogen-bond acceptors (Lipinski definition) is 2. The van der Waals surface area contributed by atoms with Crippen LogP contribution in [0.1, 0.15) is 15.9 Å². The third-order valence-electron chi connectivity index (χ3n) is 2.65. The van der Waals surface area contributed by atoms with Crippen molar-refractivity contribution in [3.05, 3.63) is 58.1 Å². The average molecular weight is 305 g/mol. The van der Waals surface area contributed by atoms with Gasteiger partial charge in [0.25, 0.3) is 5.91 Å². The molecule has 0 aliphatic carbocycles. The summed E-state index contributed by atoms with van der Waals surface area (Å²) in [5.74, 6) is -0.200. The summed E-state index contributed by atoms with van der Waals surface area (Å²) in [6.07, 6.45) is 0. The molecule has 0 radical (unpaired) electrons. The fourth-order valence-corrected chi connectivity index (χ4v) is 2.04. The number of aryl methyl sites for hydroxylation is 1. The van der Waals surface area contributed by atoms with Crippen LogP contribution < -0.4 is 11.1 Å². The number of hydrogen-bond donors (Lipinski definition) is 2. The second-order valence-electron chi connectivity index (χ2n) is 4.00. The molecule has 2 aromatic carbocycles. The molecule has 4 heteroatoms. The molecule has 0 aliphatic rings. The molecule has 0 saturated carbocycles. The number of nitrogens with one attached hydrogen (secondary N) is 1. The van der Waals surface area contributed by atoms with Crippen LogP contribution in [0.3, 0.4) is 0 Å². The lowest BCUT2D eigenvalue weighted by Crippen LogP contribution is -2.14. The molecule has 0 atom stereocenters. The number of carbonyl (C=O) groups is 1. The lowest BCUT2D eigenvalue weighted by atomic mass is 10.1. The second kappa shape index (κ2) is 5.23. The zero-order valence-corrected chi connectivity index (χ0v) is 11.5. The highest BCUT2D eigenvalue weighted by Crippen LogP contribution is 2.20. The van der Waals surface area contributed by atoms with Crippen molar-refractivity contribution in [1.82, 2.24) is 0 Å². The molecule has 0 heterocycles. The minimum absolute atomic E-state index is 0.200. The molecule has 0 aromatic heterocycles. The molecule has 2 aromatic rings. The Balaban J connectivity index is 2.25. The smallest absolute Gasteiger partial charge is 0.257 e. The minimum Gasteiger partial charge on any atom is -0.398 e. The highest BCUT2D eigenvalue weighted by Gasteiger charge is 2.10. The third kappa shape index (κ3) is 2.71. The summed E-state index contributed by atoms with van der Waals surface area (Å²) in [4.78, 5) is 12.1. The Kier molecular flexibility index (Phi) is 3.67. The normalized spacial score (nSPS) is 10.1. The van der Waals surface area contributed by atoms with Crippen LogP contribution in [-0.4, -0.2) is 5.91 Å². The number of nitrogens with two attached hydrogens (primary N) is 1. The molecule has 0 spiro atoms. The van der Waals surface area contributed by atoms with Crippen molar-refractivity contribution in [2.75, 3.05) is 11.1 Å². The van der Waals surface area contributed by atoms with Crippen molar-refractivity contribution >= 4 is 33.2 Å². The summed E-state index contributed by atoms with van der Waals surface area (Å²) in [6.45, 7) is 1.88. The van der Waals surface area contributed by atoms with Gasteiger partial charge in [-0.1, -0.05) is 34.1 Å². The summed E-state index contributed by atoms with van der Waals surface area (Å²) >= 11 is 3.36. The van der Waals surface area contributed by atoms with Crippen LogP contribution in [0.5, 0.6) is 0 Å². The predicted molar refractivity (Wildman–Crippen MR) is 77.7 cm³/mol. The fraction of sp³-hybridized carbons (Fsp3) is 0.0714. The summed E-state index contributed by atoms with van der Waals surface area (Å²) < 4.78 is 0.914. The van der Waals surface area contributed by atoms with Gasteiger partial charge in [0, 0.05) is 15.8 Å². The molecule has 0 saturated heterocycles. The zero-order valence-electron chi connectivity index (χ0n) is 9.91. The standard InChI is InChI=1S/C14H13BrN2O/c1-9-4-2-7-12(13(9)16)14(18)17-11-6-3-5-10(15)8-11/h2-8H,16H2,1H3,(H,17,18). The van der Waals surface area contributed by atoms with Gasteiger partial charge in [-0.05, 0) is 36.8 Å². The van der Waals surface area contributed by atoms with Gasteiger partial charge in [0.05, 0.1) is 5.56 Å². The highest BCUT2D eigenvalue weighted by atomic mass is 79.9. The molecule has 3 N–H and O–H groups in total. The van der Waals surface area contributed by atoms with E-state index in [1.54, 1.807) is 6.07 Å². The van der Waals surface area contributed by atoms with Gasteiger partial charge in [-0.15, -0.1) is 0 Å². The summed E-state index contributed by atoms with van der Waals surface area (Å²) in [6, 6.07) is 12.8. The Hall–Kier alpha value is -1.81. The largest absolute Gasteiger partial charge is 0.398 e. The number of para-hydroxylation sites is 1. The van der Waals surface area contributed by atoms with E-state index >= 15 is 0 Å². The van der Waals surface area contributed by atoms with Crippen LogP contribution in [0.15, 0.2) is 46.9 Å². The van der Waals surface area contributed by atoms with E-state index in [-0.39, 0.29) is 5.91 Å². The van der Waals surface area contributed by atoms with Crippen molar-refractivity contribution in [3.63, 3.8) is 0 Å². The van der Waals surface area contributed by atoms with E-state index in [1.807, 2.05) is 43.3 Å². The number of amides is 1. The molecule has 0 fully saturated rings. The summed E-state index contributed by atoms with van der Waals surface area (Å²) in [5.41, 5.74) is 8.54. The Bertz CT molecular complexity index is 596. The molecule has 0 bridgehead atoms. The van der Waals surface area contributed by atoms with Crippen molar-refractivity contribution in [2.24, 2.45) is 0 Å². The minimum atomic E-state index is -0.200. The van der Waals surface area contributed by atoms with Gasteiger partial charge in [-0.25, -0.2) is 0 Å². The van der Waals surface area contributed by atoms with Crippen LogP contribution in [0.2, 0.25) is 0 Å². The Labute approximate surface area is 114 Å². The molecule has 18 heavy (non-hydrogen) atoms. The van der Waals surface area contributed by atoms with E-state index in [1.165, 1.54) is 0 Å².